The second kappa shape index (κ2) is 8.35. The van der Waals surface area contributed by atoms with Gasteiger partial charge in [0.1, 0.15) is 0 Å². The summed E-state index contributed by atoms with van der Waals surface area (Å²) in [7, 11) is 1.87. The number of amides is 2. The van der Waals surface area contributed by atoms with Gasteiger partial charge in [-0.3, -0.25) is 14.3 Å². The van der Waals surface area contributed by atoms with Gasteiger partial charge in [-0.15, -0.1) is 0 Å². The van der Waals surface area contributed by atoms with Crippen LogP contribution in [-0.4, -0.2) is 52.7 Å². The maximum atomic E-state index is 12.9. The zero-order valence-corrected chi connectivity index (χ0v) is 16.1. The number of rotatable bonds is 6. The van der Waals surface area contributed by atoms with Crippen LogP contribution in [0.1, 0.15) is 35.7 Å². The molecular weight excluding hydrogens is 342 g/mol. The molecule has 1 saturated heterocycles. The minimum Gasteiger partial charge on any atom is -0.339 e. The molecule has 2 heterocycles. The largest absolute Gasteiger partial charge is 0.339 e. The molecule has 0 spiro atoms. The lowest BCUT2D eigenvalue weighted by atomic mass is 9.90. The van der Waals surface area contributed by atoms with Crippen LogP contribution in [-0.2, 0) is 11.8 Å². The minimum atomic E-state index is -0.170. The van der Waals surface area contributed by atoms with Crippen molar-refractivity contribution in [3.05, 3.63) is 47.8 Å². The van der Waals surface area contributed by atoms with Crippen molar-refractivity contribution in [2.75, 3.05) is 31.5 Å². The fourth-order valence-corrected chi connectivity index (χ4v) is 3.59. The van der Waals surface area contributed by atoms with Crippen LogP contribution in [0.2, 0.25) is 0 Å². The third-order valence-electron chi connectivity index (χ3n) is 5.13. The average molecular weight is 369 g/mol. The zero-order chi connectivity index (χ0) is 19.4. The van der Waals surface area contributed by atoms with Crippen LogP contribution in [0.5, 0.6) is 0 Å². The van der Waals surface area contributed by atoms with Crippen molar-refractivity contribution < 1.29 is 9.59 Å². The van der Waals surface area contributed by atoms with E-state index in [1.54, 1.807) is 27.8 Å². The lowest BCUT2D eigenvalue weighted by Crippen LogP contribution is -2.31. The van der Waals surface area contributed by atoms with Crippen LogP contribution in [0.3, 0.4) is 0 Å². The molecule has 3 rings (SSSR count). The van der Waals surface area contributed by atoms with Crippen LogP contribution in [0.4, 0.5) is 5.69 Å². The number of nitrogens with one attached hydrogen (secondary N) is 2. The van der Waals surface area contributed by atoms with Crippen LogP contribution in [0.25, 0.3) is 0 Å². The Balaban J connectivity index is 1.72. The summed E-state index contributed by atoms with van der Waals surface area (Å²) < 4.78 is 1.75. The smallest absolute Gasteiger partial charge is 0.253 e. The van der Waals surface area contributed by atoms with E-state index in [0.717, 1.165) is 12.1 Å². The summed E-state index contributed by atoms with van der Waals surface area (Å²) in [4.78, 5) is 27.2. The SMILES string of the molecule is CCN(CC)C(=O)c1cccc(NC(=O)[C@H]2CNC[C@@H]2c2cnn(C)c2)c1. The molecule has 0 aliphatic carbocycles. The predicted molar refractivity (Wildman–Crippen MR) is 105 cm³/mol. The number of nitrogens with zero attached hydrogens (tertiary/aromatic N) is 3. The first-order valence-electron chi connectivity index (χ1n) is 9.43. The molecule has 144 valence electrons. The highest BCUT2D eigenvalue weighted by Crippen LogP contribution is 2.29. The van der Waals surface area contributed by atoms with Crippen molar-refractivity contribution in [2.24, 2.45) is 13.0 Å². The number of aryl methyl sites for hydroxylation is 1. The van der Waals surface area contributed by atoms with Crippen LogP contribution < -0.4 is 10.6 Å². The molecule has 0 saturated carbocycles. The van der Waals surface area contributed by atoms with Gasteiger partial charge in [0, 0.05) is 56.6 Å². The topological polar surface area (TPSA) is 79.3 Å². The maximum absolute atomic E-state index is 12.9. The summed E-state index contributed by atoms with van der Waals surface area (Å²) >= 11 is 0. The van der Waals surface area contributed by atoms with Crippen molar-refractivity contribution in [1.82, 2.24) is 20.0 Å². The van der Waals surface area contributed by atoms with Gasteiger partial charge in [0.2, 0.25) is 5.91 Å². The molecule has 1 aliphatic rings. The number of hydrogen-bond donors (Lipinski definition) is 2. The van der Waals surface area contributed by atoms with Crippen LogP contribution in [0, 0.1) is 5.92 Å². The number of carbonyl (C=O) groups excluding carboxylic acids is 2. The second-order valence-corrected chi connectivity index (χ2v) is 6.87. The highest BCUT2D eigenvalue weighted by Gasteiger charge is 2.34. The highest BCUT2D eigenvalue weighted by atomic mass is 16.2. The second-order valence-electron chi connectivity index (χ2n) is 6.87. The van der Waals surface area contributed by atoms with E-state index in [2.05, 4.69) is 15.7 Å². The molecular formula is C20H27N5O2. The molecule has 2 N–H and O–H groups in total. The zero-order valence-electron chi connectivity index (χ0n) is 16.1. The molecule has 1 fully saturated rings. The van der Waals surface area contributed by atoms with E-state index >= 15 is 0 Å². The Bertz CT molecular complexity index is 812. The molecule has 1 aromatic carbocycles. The van der Waals surface area contributed by atoms with E-state index in [1.165, 1.54) is 0 Å². The van der Waals surface area contributed by atoms with Gasteiger partial charge in [-0.05, 0) is 37.6 Å². The Labute approximate surface area is 159 Å². The quantitative estimate of drug-likeness (QED) is 0.814. The molecule has 0 unspecified atom stereocenters. The van der Waals surface area contributed by atoms with Crippen LogP contribution >= 0.6 is 0 Å². The molecule has 0 radical (unpaired) electrons. The van der Waals surface area contributed by atoms with Gasteiger partial charge in [0.25, 0.3) is 5.91 Å². The first-order valence-corrected chi connectivity index (χ1v) is 9.43. The van der Waals surface area contributed by atoms with Gasteiger partial charge >= 0.3 is 0 Å². The standard InChI is InChI=1S/C20H27N5O2/c1-4-25(5-2)20(27)14-7-6-8-16(9-14)23-19(26)18-12-21-11-17(18)15-10-22-24(3)13-15/h6-10,13,17-18,21H,4-5,11-12H2,1-3H3,(H,23,26)/t17-,18+/m1/s1. The highest BCUT2D eigenvalue weighted by molar-refractivity contribution is 5.98. The molecule has 2 atom stereocenters. The average Bonchev–Trinajstić information content (AvgIpc) is 3.31. The van der Waals surface area contributed by atoms with E-state index in [0.29, 0.717) is 30.9 Å². The van der Waals surface area contributed by atoms with E-state index < -0.39 is 0 Å². The molecule has 0 bridgehead atoms. The maximum Gasteiger partial charge on any atom is 0.253 e. The molecule has 1 aromatic heterocycles. The van der Waals surface area contributed by atoms with Gasteiger partial charge in [0.15, 0.2) is 0 Å². The van der Waals surface area contributed by atoms with Crippen molar-refractivity contribution in [1.29, 1.82) is 0 Å². The number of hydrogen-bond acceptors (Lipinski definition) is 4. The number of carbonyl (C=O) groups is 2. The van der Waals surface area contributed by atoms with Crippen molar-refractivity contribution in [3.8, 4) is 0 Å². The van der Waals surface area contributed by atoms with Crippen LogP contribution in [0.15, 0.2) is 36.7 Å². The van der Waals surface area contributed by atoms with Crippen molar-refractivity contribution in [3.63, 3.8) is 0 Å². The predicted octanol–water partition coefficient (Wildman–Crippen LogP) is 1.84. The summed E-state index contributed by atoms with van der Waals surface area (Å²) in [6, 6.07) is 7.15. The number of anilines is 1. The summed E-state index contributed by atoms with van der Waals surface area (Å²) in [5.74, 6) is -0.135. The van der Waals surface area contributed by atoms with Gasteiger partial charge in [0.05, 0.1) is 12.1 Å². The van der Waals surface area contributed by atoms with E-state index in [9.17, 15) is 9.59 Å². The summed E-state index contributed by atoms with van der Waals surface area (Å²) in [5.41, 5.74) is 2.30. The summed E-state index contributed by atoms with van der Waals surface area (Å²) in [6.45, 7) is 6.62. The van der Waals surface area contributed by atoms with Gasteiger partial charge < -0.3 is 15.5 Å². The monoisotopic (exact) mass is 369 g/mol. The Morgan fingerprint density at radius 3 is 2.74 bits per heavy atom. The lowest BCUT2D eigenvalue weighted by Gasteiger charge is -2.20. The first-order chi connectivity index (χ1) is 13.0. The number of aromatic nitrogens is 2. The number of benzene rings is 1. The lowest BCUT2D eigenvalue weighted by molar-refractivity contribution is -0.119. The van der Waals surface area contributed by atoms with Gasteiger partial charge in [-0.2, -0.15) is 5.10 Å². The van der Waals surface area contributed by atoms with Crippen molar-refractivity contribution >= 4 is 17.5 Å². The van der Waals surface area contributed by atoms with E-state index in [1.807, 2.05) is 39.4 Å². The van der Waals surface area contributed by atoms with Gasteiger partial charge in [-0.25, -0.2) is 0 Å². The molecule has 7 nitrogen and oxygen atoms in total. The fourth-order valence-electron chi connectivity index (χ4n) is 3.59. The van der Waals surface area contributed by atoms with Crippen molar-refractivity contribution in [2.45, 2.75) is 19.8 Å². The first kappa shape index (κ1) is 19.1. The molecule has 2 amide bonds. The normalized spacial score (nSPS) is 19.1. The summed E-state index contributed by atoms with van der Waals surface area (Å²) in [5, 5.41) is 10.5. The molecule has 2 aromatic rings. The summed E-state index contributed by atoms with van der Waals surface area (Å²) in [6.07, 6.45) is 3.78. The van der Waals surface area contributed by atoms with Gasteiger partial charge in [-0.1, -0.05) is 6.07 Å². The molecule has 7 heteroatoms. The minimum absolute atomic E-state index is 0.0214. The van der Waals surface area contributed by atoms with E-state index in [4.69, 9.17) is 0 Å². The Kier molecular flexibility index (Phi) is 5.91. The van der Waals surface area contributed by atoms with E-state index in [-0.39, 0.29) is 23.7 Å². The molecule has 1 aliphatic heterocycles. The Hall–Kier alpha value is -2.67. The Morgan fingerprint density at radius 2 is 2.07 bits per heavy atom. The third-order valence-corrected chi connectivity index (χ3v) is 5.13. The third kappa shape index (κ3) is 4.19. The molecule has 27 heavy (non-hydrogen) atoms. The fraction of sp³-hybridized carbons (Fsp3) is 0.450. The Morgan fingerprint density at radius 1 is 1.30 bits per heavy atom.